The fourth-order valence-corrected chi connectivity index (χ4v) is 8.38. The van der Waals surface area contributed by atoms with Crippen LogP contribution in [-0.2, 0) is 20.9 Å². The van der Waals surface area contributed by atoms with E-state index < -0.39 is 34.6 Å². The van der Waals surface area contributed by atoms with Gasteiger partial charge < -0.3 is 20.0 Å². The lowest BCUT2D eigenvalue weighted by molar-refractivity contribution is -0.150. The third-order valence-electron chi connectivity index (χ3n) is 7.98. The van der Waals surface area contributed by atoms with Crippen LogP contribution in [-0.4, -0.2) is 73.0 Å². The van der Waals surface area contributed by atoms with Crippen LogP contribution in [0.5, 0.6) is 0 Å². The fraction of sp³-hybridized carbons (Fsp3) is 0.577. The van der Waals surface area contributed by atoms with Crippen molar-refractivity contribution in [2.45, 2.75) is 61.7 Å². The van der Waals surface area contributed by atoms with Crippen molar-refractivity contribution in [3.63, 3.8) is 0 Å². The quantitative estimate of drug-likeness (QED) is 0.494. The Morgan fingerprint density at radius 2 is 2.06 bits per heavy atom. The van der Waals surface area contributed by atoms with E-state index in [0.717, 1.165) is 12.0 Å². The van der Waals surface area contributed by atoms with Gasteiger partial charge in [0.2, 0.25) is 11.8 Å². The topological polar surface area (TPSA) is 98.2 Å². The number of fused-ring (bicyclic) bond motifs is 1. The molecule has 4 rings (SSSR count). The molecule has 8 heteroatoms. The molecule has 1 spiro atoms. The van der Waals surface area contributed by atoms with E-state index in [1.165, 1.54) is 11.8 Å². The monoisotopic (exact) mass is 486 g/mol. The number of amides is 2. The Labute approximate surface area is 205 Å². The largest absolute Gasteiger partial charge is 0.481 e. The second-order valence-corrected chi connectivity index (χ2v) is 11.4. The van der Waals surface area contributed by atoms with Gasteiger partial charge in [0.25, 0.3) is 0 Å². The Morgan fingerprint density at radius 3 is 2.65 bits per heavy atom. The SMILES string of the molecule is C=CCN(Cc1ccccc1)C(=O)C1N([C@@H](CO)[C@@H](C)CC)C(=O)[C@@H]2[C@H](C(=O)O)[C@@H]3CCC12S3. The van der Waals surface area contributed by atoms with Gasteiger partial charge >= 0.3 is 5.97 Å². The van der Waals surface area contributed by atoms with Crippen molar-refractivity contribution in [2.75, 3.05) is 13.2 Å². The summed E-state index contributed by atoms with van der Waals surface area (Å²) in [6.07, 6.45) is 3.71. The van der Waals surface area contributed by atoms with E-state index in [0.29, 0.717) is 25.9 Å². The lowest BCUT2D eigenvalue weighted by Crippen LogP contribution is -2.58. The number of benzene rings is 1. The summed E-state index contributed by atoms with van der Waals surface area (Å²) < 4.78 is -0.779. The van der Waals surface area contributed by atoms with E-state index in [-0.39, 0.29) is 29.6 Å². The molecular weight excluding hydrogens is 452 g/mol. The molecular formula is C26H34N2O5S. The Kier molecular flexibility index (Phi) is 7.10. The van der Waals surface area contributed by atoms with Gasteiger partial charge in [-0.1, -0.05) is 56.7 Å². The summed E-state index contributed by atoms with van der Waals surface area (Å²) in [5.41, 5.74) is 0.968. The Hall–Kier alpha value is -2.32. The Balaban J connectivity index is 1.78. The first kappa shape index (κ1) is 24.8. The van der Waals surface area contributed by atoms with Gasteiger partial charge in [0.1, 0.15) is 6.04 Å². The number of nitrogens with zero attached hydrogens (tertiary/aromatic N) is 2. The van der Waals surface area contributed by atoms with Gasteiger partial charge in [-0.15, -0.1) is 18.3 Å². The number of likely N-dealkylation sites (tertiary alicyclic amines) is 1. The van der Waals surface area contributed by atoms with Crippen molar-refractivity contribution < 1.29 is 24.6 Å². The lowest BCUT2D eigenvalue weighted by atomic mass is 9.71. The third-order valence-corrected chi connectivity index (χ3v) is 9.93. The molecule has 7 nitrogen and oxygen atoms in total. The smallest absolute Gasteiger partial charge is 0.308 e. The summed E-state index contributed by atoms with van der Waals surface area (Å²) in [5.74, 6) is -3.04. The molecule has 2 N–H and O–H groups in total. The highest BCUT2D eigenvalue weighted by molar-refractivity contribution is 8.02. The normalized spacial score (nSPS) is 31.3. The van der Waals surface area contributed by atoms with E-state index in [9.17, 15) is 24.6 Å². The maximum atomic E-state index is 14.3. The number of aliphatic hydroxyl groups is 1. The number of aliphatic hydroxyl groups excluding tert-OH is 1. The Bertz CT molecular complexity index is 956. The van der Waals surface area contributed by atoms with Crippen LogP contribution in [0.25, 0.3) is 0 Å². The second kappa shape index (κ2) is 9.74. The van der Waals surface area contributed by atoms with Crippen molar-refractivity contribution in [2.24, 2.45) is 17.8 Å². The standard InChI is InChI=1S/C26H34N2O5S/c1-4-13-27(14-17-9-7-6-8-10-17)24(31)22-26-12-11-19(34-26)20(25(32)33)21(26)23(30)28(22)18(15-29)16(3)5-2/h4,6-10,16,18-22,29H,1,5,11-15H2,2-3H3,(H,32,33)/t16-,18-,19-,20+,21-,22?,26?/m0/s1. The highest BCUT2D eigenvalue weighted by Crippen LogP contribution is 2.66. The number of thioether (sulfide) groups is 1. The molecule has 0 aliphatic carbocycles. The molecule has 0 aromatic heterocycles. The number of carboxylic acid groups (broad SMARTS) is 1. The third kappa shape index (κ3) is 3.85. The van der Waals surface area contributed by atoms with E-state index in [1.807, 2.05) is 44.2 Å². The average Bonchev–Trinajstić information content (AvgIpc) is 3.47. The van der Waals surface area contributed by atoms with Gasteiger partial charge in [0, 0.05) is 18.3 Å². The highest BCUT2D eigenvalue weighted by Gasteiger charge is 2.74. The minimum Gasteiger partial charge on any atom is -0.481 e. The maximum Gasteiger partial charge on any atom is 0.308 e. The van der Waals surface area contributed by atoms with Crippen molar-refractivity contribution >= 4 is 29.5 Å². The summed E-state index contributed by atoms with van der Waals surface area (Å²) in [5, 5.41) is 20.2. The Morgan fingerprint density at radius 1 is 1.35 bits per heavy atom. The average molecular weight is 487 g/mol. The van der Waals surface area contributed by atoms with Gasteiger partial charge in [-0.25, -0.2) is 0 Å². The first-order chi connectivity index (χ1) is 16.3. The van der Waals surface area contributed by atoms with Crippen molar-refractivity contribution in [1.82, 2.24) is 9.80 Å². The molecule has 0 saturated carbocycles. The van der Waals surface area contributed by atoms with Gasteiger partial charge in [0.05, 0.1) is 29.2 Å². The minimum absolute atomic E-state index is 0.0352. The summed E-state index contributed by atoms with van der Waals surface area (Å²) in [6, 6.07) is 8.32. The van der Waals surface area contributed by atoms with Crippen molar-refractivity contribution in [1.29, 1.82) is 0 Å². The maximum absolute atomic E-state index is 14.3. The molecule has 34 heavy (non-hydrogen) atoms. The number of hydrogen-bond donors (Lipinski definition) is 2. The fourth-order valence-electron chi connectivity index (χ4n) is 6.19. The molecule has 3 fully saturated rings. The minimum atomic E-state index is -0.971. The predicted octanol–water partition coefficient (Wildman–Crippen LogP) is 2.78. The van der Waals surface area contributed by atoms with E-state index in [4.69, 9.17) is 0 Å². The molecule has 2 unspecified atom stereocenters. The van der Waals surface area contributed by atoms with Crippen LogP contribution in [0.3, 0.4) is 0 Å². The number of hydrogen-bond acceptors (Lipinski definition) is 5. The molecule has 0 radical (unpaired) electrons. The molecule has 1 aromatic rings. The molecule has 184 valence electrons. The molecule has 2 bridgehead atoms. The zero-order valence-corrected chi connectivity index (χ0v) is 20.6. The predicted molar refractivity (Wildman–Crippen MR) is 131 cm³/mol. The zero-order valence-electron chi connectivity index (χ0n) is 19.8. The van der Waals surface area contributed by atoms with Crippen LogP contribution in [0, 0.1) is 17.8 Å². The van der Waals surface area contributed by atoms with Crippen molar-refractivity contribution in [3.8, 4) is 0 Å². The summed E-state index contributed by atoms with van der Waals surface area (Å²) >= 11 is 1.52. The zero-order chi connectivity index (χ0) is 24.6. The summed E-state index contributed by atoms with van der Waals surface area (Å²) in [7, 11) is 0. The molecule has 3 heterocycles. The van der Waals surface area contributed by atoms with Gasteiger partial charge in [-0.05, 0) is 24.3 Å². The number of aliphatic carboxylic acids is 1. The van der Waals surface area contributed by atoms with E-state index in [1.54, 1.807) is 15.9 Å². The van der Waals surface area contributed by atoms with Gasteiger partial charge in [-0.2, -0.15) is 0 Å². The number of carbonyl (C=O) groups is 3. The first-order valence-corrected chi connectivity index (χ1v) is 13.0. The molecule has 1 aromatic carbocycles. The summed E-state index contributed by atoms with van der Waals surface area (Å²) in [4.78, 5) is 43.7. The highest BCUT2D eigenvalue weighted by atomic mass is 32.2. The molecule has 2 amide bonds. The number of carbonyl (C=O) groups excluding carboxylic acids is 2. The number of rotatable bonds is 10. The molecule has 3 aliphatic heterocycles. The van der Waals surface area contributed by atoms with Crippen LogP contribution in [0.15, 0.2) is 43.0 Å². The van der Waals surface area contributed by atoms with E-state index >= 15 is 0 Å². The van der Waals surface area contributed by atoms with Crippen LogP contribution in [0.4, 0.5) is 0 Å². The van der Waals surface area contributed by atoms with Crippen LogP contribution in [0.1, 0.15) is 38.7 Å². The summed E-state index contributed by atoms with van der Waals surface area (Å²) in [6.45, 7) is 8.20. The van der Waals surface area contributed by atoms with Crippen LogP contribution >= 0.6 is 11.8 Å². The molecule has 7 atom stereocenters. The van der Waals surface area contributed by atoms with Gasteiger partial charge in [0.15, 0.2) is 0 Å². The molecule has 3 aliphatic rings. The van der Waals surface area contributed by atoms with E-state index in [2.05, 4.69) is 6.58 Å². The van der Waals surface area contributed by atoms with Crippen LogP contribution < -0.4 is 0 Å². The first-order valence-electron chi connectivity index (χ1n) is 12.1. The van der Waals surface area contributed by atoms with Gasteiger partial charge in [-0.3, -0.25) is 14.4 Å². The second-order valence-electron chi connectivity index (χ2n) is 9.77. The lowest BCUT2D eigenvalue weighted by Gasteiger charge is -2.41. The number of carboxylic acids is 1. The molecule has 3 saturated heterocycles. The van der Waals surface area contributed by atoms with Crippen molar-refractivity contribution in [3.05, 3.63) is 48.6 Å². The van der Waals surface area contributed by atoms with Crippen LogP contribution in [0.2, 0.25) is 0 Å².